The summed E-state index contributed by atoms with van der Waals surface area (Å²) in [5, 5.41) is 12.3. The summed E-state index contributed by atoms with van der Waals surface area (Å²) in [6, 6.07) is 6.61. The Kier molecular flexibility index (Phi) is 2.02. The normalized spacial score (nSPS) is 22.2. The van der Waals surface area contributed by atoms with E-state index in [2.05, 4.69) is 5.32 Å². The van der Waals surface area contributed by atoms with Gasteiger partial charge in [-0.25, -0.2) is 0 Å². The van der Waals surface area contributed by atoms with E-state index in [1.165, 1.54) is 0 Å². The summed E-state index contributed by atoms with van der Waals surface area (Å²) in [6.45, 7) is 0.735. The standard InChI is InChI=1S/C10H11NO2/c12-8-3-1-2-7(6-8)10-9(13)4-5-11-10/h1-3,6,10-12H,4-5H2. The number of nitrogens with one attached hydrogen (secondary N) is 1. The van der Waals surface area contributed by atoms with Gasteiger partial charge in [0, 0.05) is 13.0 Å². The molecule has 0 aliphatic carbocycles. The van der Waals surface area contributed by atoms with E-state index in [1.807, 2.05) is 6.07 Å². The van der Waals surface area contributed by atoms with E-state index in [9.17, 15) is 9.90 Å². The maximum atomic E-state index is 11.3. The average molecular weight is 177 g/mol. The zero-order chi connectivity index (χ0) is 9.26. The van der Waals surface area contributed by atoms with Gasteiger partial charge in [0.05, 0.1) is 6.04 Å². The Balaban J connectivity index is 2.29. The number of phenolic OH excluding ortho intramolecular Hbond substituents is 1. The highest BCUT2D eigenvalue weighted by atomic mass is 16.3. The molecule has 1 aromatic carbocycles. The van der Waals surface area contributed by atoms with Crippen molar-refractivity contribution in [1.29, 1.82) is 0 Å². The number of carbonyl (C=O) groups excluding carboxylic acids is 1. The van der Waals surface area contributed by atoms with Crippen molar-refractivity contribution in [3.05, 3.63) is 29.8 Å². The lowest BCUT2D eigenvalue weighted by molar-refractivity contribution is -0.118. The molecule has 1 heterocycles. The molecule has 1 aromatic rings. The van der Waals surface area contributed by atoms with E-state index >= 15 is 0 Å². The van der Waals surface area contributed by atoms with Gasteiger partial charge >= 0.3 is 0 Å². The first-order chi connectivity index (χ1) is 6.27. The van der Waals surface area contributed by atoms with Crippen LogP contribution in [0.25, 0.3) is 0 Å². The first-order valence-corrected chi connectivity index (χ1v) is 4.32. The number of phenols is 1. The third-order valence-electron chi connectivity index (χ3n) is 2.25. The number of hydrogen-bond acceptors (Lipinski definition) is 3. The number of benzene rings is 1. The predicted octanol–water partition coefficient (Wildman–Crippen LogP) is 0.996. The van der Waals surface area contributed by atoms with Gasteiger partial charge in [0.15, 0.2) is 5.78 Å². The molecule has 0 saturated carbocycles. The van der Waals surface area contributed by atoms with E-state index in [1.54, 1.807) is 18.2 Å². The van der Waals surface area contributed by atoms with Crippen LogP contribution in [0.2, 0.25) is 0 Å². The number of Topliss-reactive ketones (excluding diaryl/α,β-unsaturated/α-hetero) is 1. The Hall–Kier alpha value is -1.35. The van der Waals surface area contributed by atoms with Crippen LogP contribution in [0.4, 0.5) is 0 Å². The molecule has 68 valence electrons. The highest BCUT2D eigenvalue weighted by Gasteiger charge is 2.25. The van der Waals surface area contributed by atoms with Crippen LogP contribution in [0.5, 0.6) is 5.75 Å². The number of carbonyl (C=O) groups is 1. The van der Waals surface area contributed by atoms with Crippen molar-refractivity contribution in [2.24, 2.45) is 0 Å². The molecule has 0 bridgehead atoms. The van der Waals surface area contributed by atoms with Crippen molar-refractivity contribution in [3.63, 3.8) is 0 Å². The average Bonchev–Trinajstić information content (AvgIpc) is 2.51. The molecular formula is C10H11NO2. The third kappa shape index (κ3) is 1.55. The molecule has 1 aliphatic heterocycles. The molecule has 13 heavy (non-hydrogen) atoms. The zero-order valence-corrected chi connectivity index (χ0v) is 7.16. The lowest BCUT2D eigenvalue weighted by Crippen LogP contribution is -2.17. The quantitative estimate of drug-likeness (QED) is 0.672. The van der Waals surface area contributed by atoms with Gasteiger partial charge in [-0.15, -0.1) is 0 Å². The van der Waals surface area contributed by atoms with E-state index in [0.29, 0.717) is 6.42 Å². The molecule has 0 aromatic heterocycles. The van der Waals surface area contributed by atoms with Crippen molar-refractivity contribution in [1.82, 2.24) is 5.32 Å². The van der Waals surface area contributed by atoms with Crippen LogP contribution in [0, 0.1) is 0 Å². The van der Waals surface area contributed by atoms with E-state index in [-0.39, 0.29) is 17.6 Å². The summed E-state index contributed by atoms with van der Waals surface area (Å²) in [5.41, 5.74) is 0.850. The minimum absolute atomic E-state index is 0.200. The van der Waals surface area contributed by atoms with Crippen LogP contribution >= 0.6 is 0 Å². The summed E-state index contributed by atoms with van der Waals surface area (Å²) in [4.78, 5) is 11.3. The Morgan fingerprint density at radius 3 is 2.92 bits per heavy atom. The van der Waals surface area contributed by atoms with Crippen molar-refractivity contribution in [3.8, 4) is 5.75 Å². The second kappa shape index (κ2) is 3.18. The van der Waals surface area contributed by atoms with Gasteiger partial charge in [-0.1, -0.05) is 12.1 Å². The lowest BCUT2D eigenvalue weighted by atomic mass is 10.0. The van der Waals surface area contributed by atoms with E-state index in [4.69, 9.17) is 0 Å². The van der Waals surface area contributed by atoms with E-state index < -0.39 is 0 Å². The third-order valence-corrected chi connectivity index (χ3v) is 2.25. The number of ketones is 1. The summed E-state index contributed by atoms with van der Waals surface area (Å²) >= 11 is 0. The molecule has 3 heteroatoms. The Morgan fingerprint density at radius 2 is 2.31 bits per heavy atom. The van der Waals surface area contributed by atoms with Crippen LogP contribution in [0.1, 0.15) is 18.0 Å². The summed E-state index contributed by atoms with van der Waals surface area (Å²) in [6.07, 6.45) is 0.584. The number of hydrogen-bond donors (Lipinski definition) is 2. The molecule has 1 fully saturated rings. The fourth-order valence-corrected chi connectivity index (χ4v) is 1.61. The van der Waals surface area contributed by atoms with Gasteiger partial charge < -0.3 is 10.4 Å². The van der Waals surface area contributed by atoms with Crippen molar-refractivity contribution in [2.45, 2.75) is 12.5 Å². The van der Waals surface area contributed by atoms with E-state index in [0.717, 1.165) is 12.1 Å². The zero-order valence-electron chi connectivity index (χ0n) is 7.16. The molecule has 1 saturated heterocycles. The van der Waals surface area contributed by atoms with Gasteiger partial charge in [-0.05, 0) is 17.7 Å². The minimum Gasteiger partial charge on any atom is -0.508 e. The molecule has 0 spiro atoms. The number of rotatable bonds is 1. The number of aromatic hydroxyl groups is 1. The fraction of sp³-hybridized carbons (Fsp3) is 0.300. The largest absolute Gasteiger partial charge is 0.508 e. The Labute approximate surface area is 76.4 Å². The topological polar surface area (TPSA) is 49.3 Å². The fourth-order valence-electron chi connectivity index (χ4n) is 1.61. The molecule has 0 amide bonds. The van der Waals surface area contributed by atoms with Gasteiger partial charge in [0.25, 0.3) is 0 Å². The highest BCUT2D eigenvalue weighted by Crippen LogP contribution is 2.22. The monoisotopic (exact) mass is 177 g/mol. The Morgan fingerprint density at radius 1 is 1.46 bits per heavy atom. The Bertz CT molecular complexity index is 335. The molecule has 1 unspecified atom stereocenters. The molecule has 1 atom stereocenters. The van der Waals surface area contributed by atoms with Crippen molar-refractivity contribution >= 4 is 5.78 Å². The SMILES string of the molecule is O=C1CCNC1c1cccc(O)c1. The summed E-state index contributed by atoms with van der Waals surface area (Å²) in [7, 11) is 0. The second-order valence-electron chi connectivity index (χ2n) is 3.20. The molecule has 2 rings (SSSR count). The van der Waals surface area contributed by atoms with Crippen LogP contribution in [-0.4, -0.2) is 17.4 Å². The van der Waals surface area contributed by atoms with Crippen LogP contribution in [-0.2, 0) is 4.79 Å². The summed E-state index contributed by atoms with van der Waals surface area (Å²) in [5.74, 6) is 0.407. The van der Waals surface area contributed by atoms with Crippen molar-refractivity contribution < 1.29 is 9.90 Å². The van der Waals surface area contributed by atoms with Crippen LogP contribution in [0.15, 0.2) is 24.3 Å². The van der Waals surface area contributed by atoms with Gasteiger partial charge in [-0.3, -0.25) is 4.79 Å². The molecule has 2 N–H and O–H groups in total. The molecule has 3 nitrogen and oxygen atoms in total. The van der Waals surface area contributed by atoms with Crippen LogP contribution < -0.4 is 5.32 Å². The molecular weight excluding hydrogens is 166 g/mol. The highest BCUT2D eigenvalue weighted by molar-refractivity contribution is 5.87. The maximum absolute atomic E-state index is 11.3. The van der Waals surface area contributed by atoms with Crippen LogP contribution in [0.3, 0.4) is 0 Å². The minimum atomic E-state index is -0.216. The van der Waals surface area contributed by atoms with Gasteiger partial charge in [0.1, 0.15) is 5.75 Å². The lowest BCUT2D eigenvalue weighted by Gasteiger charge is -2.08. The van der Waals surface area contributed by atoms with Crippen molar-refractivity contribution in [2.75, 3.05) is 6.54 Å². The first kappa shape index (κ1) is 8.26. The molecule has 1 aliphatic rings. The van der Waals surface area contributed by atoms with Gasteiger partial charge in [0.2, 0.25) is 0 Å². The summed E-state index contributed by atoms with van der Waals surface area (Å²) < 4.78 is 0. The molecule has 0 radical (unpaired) electrons. The smallest absolute Gasteiger partial charge is 0.155 e. The van der Waals surface area contributed by atoms with Gasteiger partial charge in [-0.2, -0.15) is 0 Å². The maximum Gasteiger partial charge on any atom is 0.155 e. The predicted molar refractivity (Wildman–Crippen MR) is 48.5 cm³/mol. The second-order valence-corrected chi connectivity index (χ2v) is 3.20. The first-order valence-electron chi connectivity index (χ1n) is 4.32.